The van der Waals surface area contributed by atoms with Gasteiger partial charge in [-0.3, -0.25) is 0 Å². The molecule has 0 spiro atoms. The van der Waals surface area contributed by atoms with E-state index in [4.69, 9.17) is 5.73 Å². The topological polar surface area (TPSA) is 54.7 Å². The molecule has 108 valence electrons. The van der Waals surface area contributed by atoms with Gasteiger partial charge >= 0.3 is 0 Å². The quantitative estimate of drug-likeness (QED) is 0.844. The van der Waals surface area contributed by atoms with E-state index in [1.807, 2.05) is 6.20 Å². The van der Waals surface area contributed by atoms with E-state index in [0.29, 0.717) is 11.8 Å². The Morgan fingerprint density at radius 1 is 1.20 bits per heavy atom. The number of H-pyrrole nitrogens is 1. The van der Waals surface area contributed by atoms with Crippen LogP contribution in [-0.2, 0) is 6.42 Å². The van der Waals surface area contributed by atoms with Gasteiger partial charge < -0.3 is 10.7 Å². The summed E-state index contributed by atoms with van der Waals surface area (Å²) in [5.41, 5.74) is 9.40. The molecule has 0 aliphatic heterocycles. The average molecular weight is 271 g/mol. The van der Waals surface area contributed by atoms with Crippen molar-refractivity contribution in [3.05, 3.63) is 41.9 Å². The molecular formula is C17H25N3. The summed E-state index contributed by atoms with van der Waals surface area (Å²) in [7, 11) is 0. The van der Waals surface area contributed by atoms with Gasteiger partial charge in [0.25, 0.3) is 0 Å². The second-order valence-corrected chi connectivity index (χ2v) is 6.04. The van der Waals surface area contributed by atoms with Gasteiger partial charge in [-0.2, -0.15) is 0 Å². The van der Waals surface area contributed by atoms with Crippen LogP contribution >= 0.6 is 0 Å². The number of nitrogens with two attached hydrogens (primary N) is 1. The minimum atomic E-state index is 0.506. The second kappa shape index (κ2) is 6.71. The predicted octanol–water partition coefficient (Wildman–Crippen LogP) is 3.55. The van der Waals surface area contributed by atoms with E-state index >= 15 is 0 Å². The molecule has 20 heavy (non-hydrogen) atoms. The zero-order valence-electron chi connectivity index (χ0n) is 12.7. The van der Waals surface area contributed by atoms with Gasteiger partial charge in [-0.05, 0) is 37.3 Å². The van der Waals surface area contributed by atoms with Gasteiger partial charge in [0.1, 0.15) is 5.82 Å². The maximum atomic E-state index is 5.86. The molecule has 0 aliphatic carbocycles. The van der Waals surface area contributed by atoms with Gasteiger partial charge in [-0.1, -0.05) is 43.7 Å². The van der Waals surface area contributed by atoms with E-state index in [9.17, 15) is 0 Å². The zero-order valence-corrected chi connectivity index (χ0v) is 12.7. The lowest BCUT2D eigenvalue weighted by atomic mass is 9.94. The smallest absolute Gasteiger partial charge is 0.106 e. The first-order valence-electron chi connectivity index (χ1n) is 7.39. The Morgan fingerprint density at radius 3 is 2.50 bits per heavy atom. The molecule has 0 amide bonds. The average Bonchev–Trinajstić information content (AvgIpc) is 2.87. The number of nitrogens with zero attached hydrogens (tertiary/aromatic N) is 1. The van der Waals surface area contributed by atoms with Gasteiger partial charge in [0, 0.05) is 6.42 Å². The molecule has 3 N–H and O–H groups in total. The van der Waals surface area contributed by atoms with E-state index in [-0.39, 0.29) is 0 Å². The predicted molar refractivity (Wildman–Crippen MR) is 84.5 cm³/mol. The van der Waals surface area contributed by atoms with E-state index in [1.54, 1.807) is 0 Å². The molecule has 0 radical (unpaired) electrons. The summed E-state index contributed by atoms with van der Waals surface area (Å²) in [6.07, 6.45) is 4.00. The molecule has 1 unspecified atom stereocenters. The second-order valence-electron chi connectivity index (χ2n) is 6.04. The van der Waals surface area contributed by atoms with Crippen LogP contribution in [0.5, 0.6) is 0 Å². The van der Waals surface area contributed by atoms with Crippen LogP contribution in [0.25, 0.3) is 11.3 Å². The van der Waals surface area contributed by atoms with Crippen LogP contribution < -0.4 is 5.73 Å². The lowest BCUT2D eigenvalue weighted by molar-refractivity contribution is 0.409. The highest BCUT2D eigenvalue weighted by Crippen LogP contribution is 2.20. The van der Waals surface area contributed by atoms with E-state index < -0.39 is 0 Å². The van der Waals surface area contributed by atoms with Crippen molar-refractivity contribution in [2.75, 3.05) is 6.54 Å². The number of hydrogen-bond donors (Lipinski definition) is 2. The Balaban J connectivity index is 2.06. The van der Waals surface area contributed by atoms with Crippen LogP contribution in [0.2, 0.25) is 0 Å². The van der Waals surface area contributed by atoms with Crippen molar-refractivity contribution in [1.82, 2.24) is 9.97 Å². The van der Waals surface area contributed by atoms with Crippen molar-refractivity contribution in [2.24, 2.45) is 17.6 Å². The molecule has 2 rings (SSSR count). The number of aromatic amines is 1. The maximum Gasteiger partial charge on any atom is 0.106 e. The third-order valence-electron chi connectivity index (χ3n) is 3.61. The Kier molecular flexibility index (Phi) is 4.96. The Morgan fingerprint density at radius 2 is 1.90 bits per heavy atom. The summed E-state index contributed by atoms with van der Waals surface area (Å²) in [6.45, 7) is 7.30. The van der Waals surface area contributed by atoms with Crippen LogP contribution in [0.15, 0.2) is 30.5 Å². The molecule has 0 aliphatic rings. The van der Waals surface area contributed by atoms with Crippen LogP contribution in [0.4, 0.5) is 0 Å². The van der Waals surface area contributed by atoms with E-state index in [2.05, 4.69) is 55.0 Å². The van der Waals surface area contributed by atoms with Gasteiger partial charge in [0.15, 0.2) is 0 Å². The Bertz CT molecular complexity index is 525. The number of aromatic nitrogens is 2. The SMILES string of the molecule is Cc1ccc(-c2cnc(CC(CN)CC(C)C)[nH]2)cc1. The summed E-state index contributed by atoms with van der Waals surface area (Å²) in [4.78, 5) is 7.92. The third-order valence-corrected chi connectivity index (χ3v) is 3.61. The van der Waals surface area contributed by atoms with E-state index in [0.717, 1.165) is 30.9 Å². The lowest BCUT2D eigenvalue weighted by Crippen LogP contribution is -2.19. The number of rotatable bonds is 6. The van der Waals surface area contributed by atoms with Gasteiger partial charge in [-0.25, -0.2) is 4.98 Å². The summed E-state index contributed by atoms with van der Waals surface area (Å²) < 4.78 is 0. The molecule has 3 heteroatoms. The summed E-state index contributed by atoms with van der Waals surface area (Å²) in [5, 5.41) is 0. The molecule has 0 bridgehead atoms. The van der Waals surface area contributed by atoms with Crippen LogP contribution in [-0.4, -0.2) is 16.5 Å². The van der Waals surface area contributed by atoms with Gasteiger partial charge in [0.2, 0.25) is 0 Å². The van der Waals surface area contributed by atoms with E-state index in [1.165, 1.54) is 11.1 Å². The Labute approximate surface area is 121 Å². The van der Waals surface area contributed by atoms with Crippen molar-refractivity contribution < 1.29 is 0 Å². The molecule has 2 aromatic rings. The highest BCUT2D eigenvalue weighted by molar-refractivity contribution is 5.58. The minimum Gasteiger partial charge on any atom is -0.342 e. The van der Waals surface area contributed by atoms with Crippen molar-refractivity contribution in [2.45, 2.75) is 33.6 Å². The maximum absolute atomic E-state index is 5.86. The molecule has 0 fully saturated rings. The van der Waals surface area contributed by atoms with Crippen LogP contribution in [0.1, 0.15) is 31.7 Å². The number of benzene rings is 1. The fourth-order valence-corrected chi connectivity index (χ4v) is 2.55. The minimum absolute atomic E-state index is 0.506. The molecule has 3 nitrogen and oxygen atoms in total. The molecule has 1 aromatic heterocycles. The largest absolute Gasteiger partial charge is 0.342 e. The normalized spacial score (nSPS) is 12.8. The highest BCUT2D eigenvalue weighted by atomic mass is 14.9. The first-order valence-corrected chi connectivity index (χ1v) is 7.39. The first kappa shape index (κ1) is 14.8. The molecule has 0 saturated carbocycles. The fraction of sp³-hybridized carbons (Fsp3) is 0.471. The molecule has 1 aromatic carbocycles. The van der Waals surface area contributed by atoms with Gasteiger partial charge in [-0.15, -0.1) is 0 Å². The number of hydrogen-bond acceptors (Lipinski definition) is 2. The standard InChI is InChI=1S/C17H25N3/c1-12(2)8-14(10-18)9-17-19-11-16(20-17)15-6-4-13(3)5-7-15/h4-7,11-12,14H,8-10,18H2,1-3H3,(H,19,20). The molecule has 1 heterocycles. The van der Waals surface area contributed by atoms with Gasteiger partial charge in [0.05, 0.1) is 11.9 Å². The van der Waals surface area contributed by atoms with Crippen molar-refractivity contribution in [1.29, 1.82) is 0 Å². The molecule has 0 saturated heterocycles. The number of imidazole rings is 1. The monoisotopic (exact) mass is 271 g/mol. The Hall–Kier alpha value is -1.61. The fourth-order valence-electron chi connectivity index (χ4n) is 2.55. The molecular weight excluding hydrogens is 246 g/mol. The number of nitrogens with one attached hydrogen (secondary N) is 1. The van der Waals surface area contributed by atoms with Crippen LogP contribution in [0.3, 0.4) is 0 Å². The third kappa shape index (κ3) is 3.94. The lowest BCUT2D eigenvalue weighted by Gasteiger charge is -2.15. The zero-order chi connectivity index (χ0) is 14.5. The first-order chi connectivity index (χ1) is 9.58. The van der Waals surface area contributed by atoms with Crippen molar-refractivity contribution in [3.63, 3.8) is 0 Å². The van der Waals surface area contributed by atoms with Crippen molar-refractivity contribution >= 4 is 0 Å². The summed E-state index contributed by atoms with van der Waals surface area (Å²) in [5.74, 6) is 2.22. The number of aryl methyl sites for hydroxylation is 1. The van der Waals surface area contributed by atoms with Crippen molar-refractivity contribution in [3.8, 4) is 11.3 Å². The highest BCUT2D eigenvalue weighted by Gasteiger charge is 2.12. The van der Waals surface area contributed by atoms with Crippen LogP contribution in [0, 0.1) is 18.8 Å². The molecule has 1 atom stereocenters. The summed E-state index contributed by atoms with van der Waals surface area (Å²) >= 11 is 0. The summed E-state index contributed by atoms with van der Waals surface area (Å²) in [6, 6.07) is 8.50.